The van der Waals surface area contributed by atoms with Crippen LogP contribution in [0.15, 0.2) is 23.1 Å². The van der Waals surface area contributed by atoms with E-state index in [0.717, 1.165) is 29.1 Å². The Morgan fingerprint density at radius 3 is 2.50 bits per heavy atom. The Morgan fingerprint density at radius 1 is 1.28 bits per heavy atom. The molecule has 2 nitrogen and oxygen atoms in total. The summed E-state index contributed by atoms with van der Waals surface area (Å²) in [5.41, 5.74) is 8.21. The minimum atomic E-state index is -0.881. The standard InChI is InChI=1S/C15H25NOS/c1-12-6-7-14(13(2)10-12)18(17)9-5-8-15(3,4)11-16/h6-7,10H,5,8-9,11,16H2,1-4H3. The molecular weight excluding hydrogens is 242 g/mol. The molecule has 1 aromatic carbocycles. The van der Waals surface area contributed by atoms with Crippen LogP contribution in [0.25, 0.3) is 0 Å². The fourth-order valence-electron chi connectivity index (χ4n) is 1.95. The summed E-state index contributed by atoms with van der Waals surface area (Å²) in [5.74, 6) is 0.729. The van der Waals surface area contributed by atoms with Gasteiger partial charge >= 0.3 is 0 Å². The molecule has 1 atom stereocenters. The van der Waals surface area contributed by atoms with E-state index in [2.05, 4.69) is 26.8 Å². The smallest absolute Gasteiger partial charge is 0.0532 e. The summed E-state index contributed by atoms with van der Waals surface area (Å²) in [6.45, 7) is 9.09. The summed E-state index contributed by atoms with van der Waals surface area (Å²) >= 11 is 0. The molecule has 0 aliphatic rings. The molecule has 0 fully saturated rings. The van der Waals surface area contributed by atoms with E-state index >= 15 is 0 Å². The fourth-order valence-corrected chi connectivity index (χ4v) is 3.21. The minimum Gasteiger partial charge on any atom is -0.330 e. The van der Waals surface area contributed by atoms with Crippen LogP contribution in [-0.4, -0.2) is 16.5 Å². The summed E-state index contributed by atoms with van der Waals surface area (Å²) in [6.07, 6.45) is 1.99. The highest BCUT2D eigenvalue weighted by atomic mass is 32.2. The summed E-state index contributed by atoms with van der Waals surface area (Å²) in [6, 6.07) is 6.12. The van der Waals surface area contributed by atoms with Gasteiger partial charge in [0.15, 0.2) is 0 Å². The number of aryl methyl sites for hydroxylation is 2. The van der Waals surface area contributed by atoms with Gasteiger partial charge in [-0.1, -0.05) is 31.5 Å². The molecule has 0 aromatic heterocycles. The van der Waals surface area contributed by atoms with Crippen LogP contribution >= 0.6 is 0 Å². The Morgan fingerprint density at radius 2 is 1.94 bits per heavy atom. The number of benzene rings is 1. The van der Waals surface area contributed by atoms with E-state index in [4.69, 9.17) is 5.73 Å². The largest absolute Gasteiger partial charge is 0.330 e. The third-order valence-corrected chi connectivity index (χ3v) is 4.92. The van der Waals surface area contributed by atoms with Crippen molar-refractivity contribution in [1.29, 1.82) is 0 Å². The van der Waals surface area contributed by atoms with Crippen molar-refractivity contribution in [2.24, 2.45) is 11.1 Å². The van der Waals surface area contributed by atoms with E-state index in [-0.39, 0.29) is 5.41 Å². The SMILES string of the molecule is Cc1ccc(S(=O)CCCC(C)(C)CN)c(C)c1. The molecule has 0 heterocycles. The quantitative estimate of drug-likeness (QED) is 0.860. The first kappa shape index (κ1) is 15.4. The topological polar surface area (TPSA) is 43.1 Å². The average molecular weight is 267 g/mol. The second kappa shape index (κ2) is 6.48. The molecule has 0 bridgehead atoms. The molecule has 0 saturated carbocycles. The van der Waals surface area contributed by atoms with Gasteiger partial charge in [-0.3, -0.25) is 4.21 Å². The van der Waals surface area contributed by atoms with E-state index in [1.165, 1.54) is 5.56 Å². The molecule has 18 heavy (non-hydrogen) atoms. The maximum atomic E-state index is 12.2. The lowest BCUT2D eigenvalue weighted by molar-refractivity contribution is 0.344. The van der Waals surface area contributed by atoms with Crippen molar-refractivity contribution in [2.75, 3.05) is 12.3 Å². The zero-order valence-electron chi connectivity index (χ0n) is 12.0. The third-order valence-electron chi connectivity index (χ3n) is 3.31. The van der Waals surface area contributed by atoms with Crippen LogP contribution in [0.2, 0.25) is 0 Å². The van der Waals surface area contributed by atoms with Gasteiger partial charge in [0.2, 0.25) is 0 Å². The number of nitrogens with two attached hydrogens (primary N) is 1. The molecule has 3 heteroatoms. The molecular formula is C15H25NOS. The van der Waals surface area contributed by atoms with E-state index in [9.17, 15) is 4.21 Å². The molecule has 102 valence electrons. The molecule has 1 unspecified atom stereocenters. The van der Waals surface area contributed by atoms with Crippen LogP contribution in [0.1, 0.15) is 37.8 Å². The molecule has 2 N–H and O–H groups in total. The van der Waals surface area contributed by atoms with Gasteiger partial charge in [0, 0.05) is 10.6 Å². The number of hydrogen-bond acceptors (Lipinski definition) is 2. The number of rotatable bonds is 6. The average Bonchev–Trinajstić information content (AvgIpc) is 2.28. The van der Waals surface area contributed by atoms with Crippen molar-refractivity contribution in [2.45, 2.75) is 45.4 Å². The van der Waals surface area contributed by atoms with E-state index in [1.54, 1.807) is 0 Å². The predicted molar refractivity (Wildman–Crippen MR) is 79.3 cm³/mol. The van der Waals surface area contributed by atoms with Gasteiger partial charge < -0.3 is 5.73 Å². The van der Waals surface area contributed by atoms with Crippen molar-refractivity contribution in [3.63, 3.8) is 0 Å². The first-order valence-corrected chi connectivity index (χ1v) is 7.83. The molecule has 0 spiro atoms. The van der Waals surface area contributed by atoms with E-state index in [1.807, 2.05) is 19.1 Å². The van der Waals surface area contributed by atoms with Crippen LogP contribution in [0.4, 0.5) is 0 Å². The summed E-state index contributed by atoms with van der Waals surface area (Å²) in [5, 5.41) is 0. The maximum absolute atomic E-state index is 12.2. The lowest BCUT2D eigenvalue weighted by Gasteiger charge is -2.21. The fraction of sp³-hybridized carbons (Fsp3) is 0.600. The summed E-state index contributed by atoms with van der Waals surface area (Å²) < 4.78 is 12.2. The van der Waals surface area contributed by atoms with Gasteiger partial charge in [0.25, 0.3) is 0 Å². The zero-order valence-corrected chi connectivity index (χ0v) is 12.8. The second-order valence-corrected chi connectivity index (χ2v) is 7.33. The highest BCUT2D eigenvalue weighted by Gasteiger charge is 2.16. The van der Waals surface area contributed by atoms with E-state index in [0.29, 0.717) is 6.54 Å². The van der Waals surface area contributed by atoms with Gasteiger partial charge in [-0.05, 0) is 50.3 Å². The van der Waals surface area contributed by atoms with Crippen LogP contribution in [0, 0.1) is 19.3 Å². The van der Waals surface area contributed by atoms with Crippen LogP contribution < -0.4 is 5.73 Å². The Hall–Kier alpha value is -0.670. The van der Waals surface area contributed by atoms with Gasteiger partial charge in [0.05, 0.1) is 10.8 Å². The lowest BCUT2D eigenvalue weighted by Crippen LogP contribution is -2.23. The monoisotopic (exact) mass is 267 g/mol. The molecule has 0 aliphatic carbocycles. The second-order valence-electron chi connectivity index (χ2n) is 5.79. The van der Waals surface area contributed by atoms with Crippen LogP contribution in [0.3, 0.4) is 0 Å². The first-order valence-electron chi connectivity index (χ1n) is 6.51. The minimum absolute atomic E-state index is 0.159. The van der Waals surface area contributed by atoms with E-state index < -0.39 is 10.8 Å². The molecule has 0 amide bonds. The Kier molecular flexibility index (Phi) is 5.54. The van der Waals surface area contributed by atoms with Gasteiger partial charge in [0.1, 0.15) is 0 Å². The molecule has 0 aliphatic heterocycles. The van der Waals surface area contributed by atoms with Gasteiger partial charge in [-0.25, -0.2) is 0 Å². The molecule has 1 aromatic rings. The summed E-state index contributed by atoms with van der Waals surface area (Å²) in [7, 11) is -0.881. The Bertz CT molecular complexity index is 427. The van der Waals surface area contributed by atoms with Crippen molar-refractivity contribution in [3.05, 3.63) is 29.3 Å². The van der Waals surface area contributed by atoms with Crippen molar-refractivity contribution < 1.29 is 4.21 Å². The van der Waals surface area contributed by atoms with Gasteiger partial charge in [-0.2, -0.15) is 0 Å². The van der Waals surface area contributed by atoms with Crippen molar-refractivity contribution >= 4 is 10.8 Å². The van der Waals surface area contributed by atoms with Crippen molar-refractivity contribution in [3.8, 4) is 0 Å². The molecule has 1 rings (SSSR count). The normalized spacial score (nSPS) is 13.6. The third kappa shape index (κ3) is 4.54. The molecule has 0 saturated heterocycles. The van der Waals surface area contributed by atoms with Crippen LogP contribution in [-0.2, 0) is 10.8 Å². The zero-order chi connectivity index (χ0) is 13.8. The molecule has 0 radical (unpaired) electrons. The maximum Gasteiger partial charge on any atom is 0.0532 e. The van der Waals surface area contributed by atoms with Crippen LogP contribution in [0.5, 0.6) is 0 Å². The summed E-state index contributed by atoms with van der Waals surface area (Å²) in [4.78, 5) is 0.978. The Balaban J connectivity index is 2.56. The highest BCUT2D eigenvalue weighted by molar-refractivity contribution is 7.85. The van der Waals surface area contributed by atoms with Crippen molar-refractivity contribution in [1.82, 2.24) is 0 Å². The first-order chi connectivity index (χ1) is 8.35. The number of hydrogen-bond donors (Lipinski definition) is 1. The predicted octanol–water partition coefficient (Wildman–Crippen LogP) is 3.18. The highest BCUT2D eigenvalue weighted by Crippen LogP contribution is 2.22. The Labute approximate surface area is 113 Å². The lowest BCUT2D eigenvalue weighted by atomic mass is 9.88. The van der Waals surface area contributed by atoms with Gasteiger partial charge in [-0.15, -0.1) is 0 Å².